The van der Waals surface area contributed by atoms with Gasteiger partial charge in [-0.15, -0.1) is 11.3 Å². The van der Waals surface area contributed by atoms with Gasteiger partial charge in [-0.3, -0.25) is 4.98 Å². The molecule has 5 nitrogen and oxygen atoms in total. The standard InChI is InChI=1S/C13H13N5S/c1-2-8-4-3-6-15-10(8)12-16-11(18-14)9-5-7-19-13(9)17-12/h3-7H,2,14H2,1H3,(H,16,17,18). The first-order valence-electron chi connectivity index (χ1n) is 5.99. The molecule has 0 bridgehead atoms. The summed E-state index contributed by atoms with van der Waals surface area (Å²) in [6.45, 7) is 2.09. The van der Waals surface area contributed by atoms with Gasteiger partial charge in [0.05, 0.1) is 5.39 Å². The molecular weight excluding hydrogens is 258 g/mol. The van der Waals surface area contributed by atoms with E-state index in [1.807, 2.05) is 23.6 Å². The van der Waals surface area contributed by atoms with E-state index in [2.05, 4.69) is 27.3 Å². The molecule has 3 N–H and O–H groups in total. The van der Waals surface area contributed by atoms with Crippen molar-refractivity contribution in [3.63, 3.8) is 0 Å². The maximum absolute atomic E-state index is 5.54. The Morgan fingerprint density at radius 3 is 3.00 bits per heavy atom. The lowest BCUT2D eigenvalue weighted by molar-refractivity contribution is 1.08. The fourth-order valence-corrected chi connectivity index (χ4v) is 2.76. The Labute approximate surface area is 114 Å². The van der Waals surface area contributed by atoms with Crippen molar-refractivity contribution in [2.24, 2.45) is 5.84 Å². The SMILES string of the molecule is CCc1cccnc1-c1nc(NN)c2ccsc2n1. The summed E-state index contributed by atoms with van der Waals surface area (Å²) in [7, 11) is 0. The van der Waals surface area contributed by atoms with Crippen molar-refractivity contribution >= 4 is 27.4 Å². The molecule has 3 aromatic rings. The fourth-order valence-electron chi connectivity index (χ4n) is 2.00. The van der Waals surface area contributed by atoms with Gasteiger partial charge in [0, 0.05) is 6.20 Å². The minimum Gasteiger partial charge on any atom is -0.308 e. The Hall–Kier alpha value is -2.05. The Morgan fingerprint density at radius 2 is 2.21 bits per heavy atom. The summed E-state index contributed by atoms with van der Waals surface area (Å²) in [4.78, 5) is 14.3. The molecular formula is C13H13N5S. The zero-order valence-corrected chi connectivity index (χ0v) is 11.2. The predicted octanol–water partition coefficient (Wildman–Crippen LogP) is 2.60. The quantitative estimate of drug-likeness (QED) is 0.565. The van der Waals surface area contributed by atoms with Crippen molar-refractivity contribution in [3.05, 3.63) is 35.3 Å². The van der Waals surface area contributed by atoms with E-state index in [1.54, 1.807) is 17.5 Å². The second-order valence-corrected chi connectivity index (χ2v) is 4.94. The van der Waals surface area contributed by atoms with Crippen LogP contribution in [0.3, 0.4) is 0 Å². The van der Waals surface area contributed by atoms with Crippen LogP contribution in [0, 0.1) is 0 Å². The van der Waals surface area contributed by atoms with E-state index >= 15 is 0 Å². The number of hydrogen-bond acceptors (Lipinski definition) is 6. The van der Waals surface area contributed by atoms with Gasteiger partial charge in [-0.1, -0.05) is 13.0 Å². The molecule has 19 heavy (non-hydrogen) atoms. The lowest BCUT2D eigenvalue weighted by atomic mass is 10.1. The van der Waals surface area contributed by atoms with Crippen molar-refractivity contribution in [3.8, 4) is 11.5 Å². The molecule has 0 aliphatic carbocycles. The highest BCUT2D eigenvalue weighted by Gasteiger charge is 2.12. The van der Waals surface area contributed by atoms with E-state index in [-0.39, 0.29) is 0 Å². The molecule has 3 heterocycles. The van der Waals surface area contributed by atoms with Crippen LogP contribution in [0.2, 0.25) is 0 Å². The van der Waals surface area contributed by atoms with E-state index in [0.717, 1.165) is 27.9 Å². The van der Waals surface area contributed by atoms with Gasteiger partial charge in [0.15, 0.2) is 11.6 Å². The highest BCUT2D eigenvalue weighted by Crippen LogP contribution is 2.28. The van der Waals surface area contributed by atoms with Crippen LogP contribution in [0.15, 0.2) is 29.8 Å². The third kappa shape index (κ3) is 2.05. The molecule has 0 aliphatic heterocycles. The van der Waals surface area contributed by atoms with Crippen LogP contribution in [-0.2, 0) is 6.42 Å². The lowest BCUT2D eigenvalue weighted by Gasteiger charge is -2.07. The van der Waals surface area contributed by atoms with Gasteiger partial charge in [0.25, 0.3) is 0 Å². The summed E-state index contributed by atoms with van der Waals surface area (Å²) in [6.07, 6.45) is 2.65. The van der Waals surface area contributed by atoms with E-state index in [9.17, 15) is 0 Å². The van der Waals surface area contributed by atoms with E-state index in [4.69, 9.17) is 5.84 Å². The first-order valence-corrected chi connectivity index (χ1v) is 6.87. The second-order valence-electron chi connectivity index (χ2n) is 4.04. The molecule has 0 unspecified atom stereocenters. The average molecular weight is 271 g/mol. The highest BCUT2D eigenvalue weighted by molar-refractivity contribution is 7.16. The second kappa shape index (κ2) is 4.91. The number of nitrogen functional groups attached to an aromatic ring is 1. The summed E-state index contributed by atoms with van der Waals surface area (Å²) >= 11 is 1.56. The van der Waals surface area contributed by atoms with E-state index in [1.165, 1.54) is 0 Å². The lowest BCUT2D eigenvalue weighted by Crippen LogP contribution is -2.10. The smallest absolute Gasteiger partial charge is 0.181 e. The molecule has 0 atom stereocenters. The number of hydrazine groups is 1. The van der Waals surface area contributed by atoms with Crippen LogP contribution in [0.25, 0.3) is 21.7 Å². The number of pyridine rings is 1. The maximum Gasteiger partial charge on any atom is 0.181 e. The van der Waals surface area contributed by atoms with Crippen molar-refractivity contribution in [1.29, 1.82) is 0 Å². The molecule has 0 spiro atoms. The predicted molar refractivity (Wildman–Crippen MR) is 77.8 cm³/mol. The third-order valence-electron chi connectivity index (χ3n) is 2.95. The number of aryl methyl sites for hydroxylation is 1. The largest absolute Gasteiger partial charge is 0.308 e. The molecule has 0 aliphatic rings. The number of thiophene rings is 1. The van der Waals surface area contributed by atoms with Crippen LogP contribution < -0.4 is 11.3 Å². The van der Waals surface area contributed by atoms with E-state index in [0.29, 0.717) is 11.6 Å². The Bertz CT molecular complexity index is 722. The van der Waals surface area contributed by atoms with Gasteiger partial charge >= 0.3 is 0 Å². The molecule has 0 saturated heterocycles. The number of hydrogen-bond donors (Lipinski definition) is 2. The number of nitrogens with zero attached hydrogens (tertiary/aromatic N) is 3. The summed E-state index contributed by atoms with van der Waals surface area (Å²) in [5.74, 6) is 6.78. The fraction of sp³-hybridized carbons (Fsp3) is 0.154. The highest BCUT2D eigenvalue weighted by atomic mass is 32.1. The molecule has 6 heteroatoms. The van der Waals surface area contributed by atoms with Gasteiger partial charge < -0.3 is 5.43 Å². The van der Waals surface area contributed by atoms with Gasteiger partial charge in [-0.2, -0.15) is 0 Å². The molecule has 96 valence electrons. The van der Waals surface area contributed by atoms with E-state index < -0.39 is 0 Å². The number of anilines is 1. The summed E-state index contributed by atoms with van der Waals surface area (Å²) in [5.41, 5.74) is 4.57. The summed E-state index contributed by atoms with van der Waals surface area (Å²) < 4.78 is 0. The molecule has 0 radical (unpaired) electrons. The van der Waals surface area contributed by atoms with Crippen molar-refractivity contribution in [1.82, 2.24) is 15.0 Å². The number of rotatable bonds is 3. The summed E-state index contributed by atoms with van der Waals surface area (Å²) in [5, 5.41) is 2.91. The topological polar surface area (TPSA) is 76.7 Å². The molecule has 0 amide bonds. The Morgan fingerprint density at radius 1 is 1.32 bits per heavy atom. The Balaban J connectivity index is 2.24. The number of nitrogens with one attached hydrogen (secondary N) is 1. The number of fused-ring (bicyclic) bond motifs is 1. The third-order valence-corrected chi connectivity index (χ3v) is 3.75. The summed E-state index contributed by atoms with van der Waals surface area (Å²) in [6, 6.07) is 5.92. The minimum absolute atomic E-state index is 0.611. The molecule has 0 aromatic carbocycles. The normalized spacial score (nSPS) is 10.8. The zero-order valence-electron chi connectivity index (χ0n) is 10.4. The van der Waals surface area contributed by atoms with Crippen molar-refractivity contribution < 1.29 is 0 Å². The molecule has 3 rings (SSSR count). The van der Waals surface area contributed by atoms with Crippen LogP contribution in [-0.4, -0.2) is 15.0 Å². The minimum atomic E-state index is 0.611. The Kier molecular flexibility index (Phi) is 3.10. The molecule has 0 fully saturated rings. The average Bonchev–Trinajstić information content (AvgIpc) is 2.94. The number of nitrogens with two attached hydrogens (primary N) is 1. The van der Waals surface area contributed by atoms with Crippen LogP contribution >= 0.6 is 11.3 Å². The van der Waals surface area contributed by atoms with Gasteiger partial charge in [0.1, 0.15) is 10.5 Å². The first kappa shape index (κ1) is 12.0. The first-order chi connectivity index (χ1) is 9.33. The van der Waals surface area contributed by atoms with Crippen molar-refractivity contribution in [2.75, 3.05) is 5.43 Å². The van der Waals surface area contributed by atoms with Gasteiger partial charge in [-0.05, 0) is 29.5 Å². The van der Waals surface area contributed by atoms with Crippen LogP contribution in [0.1, 0.15) is 12.5 Å². The molecule has 0 saturated carbocycles. The number of aromatic nitrogens is 3. The monoisotopic (exact) mass is 271 g/mol. The van der Waals surface area contributed by atoms with Gasteiger partial charge in [-0.25, -0.2) is 15.8 Å². The zero-order chi connectivity index (χ0) is 13.2. The maximum atomic E-state index is 5.54. The van der Waals surface area contributed by atoms with Crippen LogP contribution in [0.5, 0.6) is 0 Å². The molecule has 3 aromatic heterocycles. The van der Waals surface area contributed by atoms with Crippen LogP contribution in [0.4, 0.5) is 5.82 Å². The van der Waals surface area contributed by atoms with Crippen molar-refractivity contribution in [2.45, 2.75) is 13.3 Å². The van der Waals surface area contributed by atoms with Gasteiger partial charge in [0.2, 0.25) is 0 Å².